The van der Waals surface area contributed by atoms with Gasteiger partial charge in [0, 0.05) is 0 Å². The van der Waals surface area contributed by atoms with Gasteiger partial charge in [0.25, 0.3) is 0 Å². The summed E-state index contributed by atoms with van der Waals surface area (Å²) in [6, 6.07) is 8.39. The molecular formula is C14H18O4S. The van der Waals surface area contributed by atoms with Gasteiger partial charge in [-0.25, -0.2) is 4.79 Å². The fraction of sp³-hybridized carbons (Fsp3) is 0.429. The zero-order valence-corrected chi connectivity index (χ0v) is 12.1. The molecule has 0 saturated heterocycles. The lowest BCUT2D eigenvalue weighted by Gasteiger charge is -2.30. The molecule has 0 heterocycles. The highest BCUT2D eigenvalue weighted by atomic mass is 32.2. The van der Waals surface area contributed by atoms with Gasteiger partial charge in [-0.05, 0) is 11.3 Å². The van der Waals surface area contributed by atoms with Crippen LogP contribution in [0.4, 0.5) is 0 Å². The maximum atomic E-state index is 12.0. The summed E-state index contributed by atoms with van der Waals surface area (Å²) in [4.78, 5) is 23.9. The van der Waals surface area contributed by atoms with Crippen molar-refractivity contribution >= 4 is 22.8 Å². The number of hydrogen-bond acceptors (Lipinski definition) is 5. The monoisotopic (exact) mass is 282 g/mol. The van der Waals surface area contributed by atoms with Crippen LogP contribution >= 0.6 is 11.8 Å². The van der Waals surface area contributed by atoms with Gasteiger partial charge in [0.2, 0.25) is 0 Å². The van der Waals surface area contributed by atoms with Gasteiger partial charge in [-0.2, -0.15) is 0 Å². The summed E-state index contributed by atoms with van der Waals surface area (Å²) >= 11 is 1.08. The van der Waals surface area contributed by atoms with Crippen molar-refractivity contribution in [3.05, 3.63) is 35.9 Å². The second-order valence-corrected chi connectivity index (χ2v) is 5.37. The van der Waals surface area contributed by atoms with Crippen LogP contribution in [0.2, 0.25) is 0 Å². The molecule has 0 aliphatic heterocycles. The first-order valence-corrected chi connectivity index (χ1v) is 7.00. The van der Waals surface area contributed by atoms with Gasteiger partial charge in [-0.1, -0.05) is 55.9 Å². The summed E-state index contributed by atoms with van der Waals surface area (Å²) in [6.45, 7) is 3.38. The van der Waals surface area contributed by atoms with Crippen molar-refractivity contribution in [1.82, 2.24) is 0 Å². The predicted molar refractivity (Wildman–Crippen MR) is 74.7 cm³/mol. The molecule has 0 fully saturated rings. The lowest BCUT2D eigenvalue weighted by Crippen LogP contribution is -2.45. The highest BCUT2D eigenvalue weighted by Crippen LogP contribution is 2.34. The van der Waals surface area contributed by atoms with E-state index in [1.165, 1.54) is 14.0 Å². The third-order valence-electron chi connectivity index (χ3n) is 2.98. The summed E-state index contributed by atoms with van der Waals surface area (Å²) < 4.78 is 4.67. The Labute approximate surface area is 117 Å². The number of aliphatic hydroxyl groups is 1. The molecule has 0 saturated carbocycles. The number of esters is 1. The molecule has 0 aromatic heterocycles. The first-order chi connectivity index (χ1) is 8.98. The van der Waals surface area contributed by atoms with E-state index in [4.69, 9.17) is 0 Å². The van der Waals surface area contributed by atoms with E-state index in [0.717, 1.165) is 11.8 Å². The normalized spacial score (nSPS) is 15.4. The van der Waals surface area contributed by atoms with Crippen molar-refractivity contribution in [3.63, 3.8) is 0 Å². The zero-order chi connectivity index (χ0) is 14.5. The van der Waals surface area contributed by atoms with Crippen LogP contribution in [0, 0.1) is 5.92 Å². The molecule has 2 atom stereocenters. The summed E-state index contributed by atoms with van der Waals surface area (Å²) in [5, 5.41) is 10.5. The molecule has 0 aliphatic carbocycles. The number of ether oxygens (including phenoxy) is 1. The van der Waals surface area contributed by atoms with Crippen LogP contribution in [0.3, 0.4) is 0 Å². The van der Waals surface area contributed by atoms with E-state index in [2.05, 4.69) is 4.74 Å². The predicted octanol–water partition coefficient (Wildman–Crippen LogP) is 1.96. The first-order valence-electron chi connectivity index (χ1n) is 6.01. The number of thioether (sulfide) groups is 1. The smallest absolute Gasteiger partial charge is 0.343 e. The van der Waals surface area contributed by atoms with Crippen LogP contribution in [-0.2, 0) is 19.9 Å². The van der Waals surface area contributed by atoms with Crippen molar-refractivity contribution in [2.24, 2.45) is 5.92 Å². The molecule has 0 spiro atoms. The van der Waals surface area contributed by atoms with Crippen LogP contribution < -0.4 is 0 Å². The second-order valence-electron chi connectivity index (χ2n) is 4.10. The van der Waals surface area contributed by atoms with Crippen LogP contribution in [0.25, 0.3) is 0 Å². The average Bonchev–Trinajstić information content (AvgIpc) is 2.45. The van der Waals surface area contributed by atoms with E-state index in [0.29, 0.717) is 11.3 Å². The highest BCUT2D eigenvalue weighted by molar-refractivity contribution is 8.13. The Morgan fingerprint density at radius 1 is 1.37 bits per heavy atom. The van der Waals surface area contributed by atoms with E-state index in [1.807, 2.05) is 6.92 Å². The Balaban J connectivity index is 3.21. The van der Waals surface area contributed by atoms with Gasteiger partial charge >= 0.3 is 5.97 Å². The number of carbonyl (C=O) groups is 2. The van der Waals surface area contributed by atoms with Crippen LogP contribution in [0.5, 0.6) is 0 Å². The van der Waals surface area contributed by atoms with E-state index in [9.17, 15) is 14.7 Å². The Kier molecular flexibility index (Phi) is 5.57. The molecule has 1 rings (SSSR count). The second kappa shape index (κ2) is 6.73. The first kappa shape index (κ1) is 15.7. The van der Waals surface area contributed by atoms with Gasteiger partial charge < -0.3 is 9.84 Å². The van der Waals surface area contributed by atoms with Crippen LogP contribution in [0.1, 0.15) is 19.4 Å². The quantitative estimate of drug-likeness (QED) is 0.836. The molecule has 0 bridgehead atoms. The van der Waals surface area contributed by atoms with Crippen molar-refractivity contribution in [2.45, 2.75) is 19.4 Å². The summed E-state index contributed by atoms with van der Waals surface area (Å²) in [5.41, 5.74) is -1.59. The van der Waals surface area contributed by atoms with Crippen LogP contribution in [-0.4, -0.2) is 29.1 Å². The van der Waals surface area contributed by atoms with E-state index < -0.39 is 17.5 Å². The maximum Gasteiger partial charge on any atom is 0.343 e. The van der Waals surface area contributed by atoms with Gasteiger partial charge in [0.05, 0.1) is 13.0 Å². The van der Waals surface area contributed by atoms with Crippen molar-refractivity contribution in [2.75, 3.05) is 12.9 Å². The number of methoxy groups -OCH3 is 1. The Hall–Kier alpha value is -1.33. The molecule has 19 heavy (non-hydrogen) atoms. The lowest BCUT2D eigenvalue weighted by atomic mass is 9.83. The fourth-order valence-corrected chi connectivity index (χ4v) is 2.54. The molecule has 5 heteroatoms. The van der Waals surface area contributed by atoms with Crippen molar-refractivity contribution in [3.8, 4) is 0 Å². The summed E-state index contributed by atoms with van der Waals surface area (Å²) in [7, 11) is 1.19. The molecule has 0 amide bonds. The highest BCUT2D eigenvalue weighted by Gasteiger charge is 2.47. The van der Waals surface area contributed by atoms with Crippen molar-refractivity contribution in [1.29, 1.82) is 0 Å². The molecule has 4 nitrogen and oxygen atoms in total. The molecule has 1 N–H and O–H groups in total. The standard InChI is InChI=1S/C14H18O4S/c1-4-19-12(15)10(2)14(17,13(16)18-3)11-8-6-5-7-9-11/h5-10,17H,4H2,1-3H3/t10-,14-/m1/s1. The molecule has 104 valence electrons. The number of rotatable bonds is 5. The topological polar surface area (TPSA) is 63.6 Å². The molecule has 1 aromatic carbocycles. The summed E-state index contributed by atoms with van der Waals surface area (Å²) in [5.74, 6) is -1.11. The molecule has 1 aromatic rings. The molecule has 0 unspecified atom stereocenters. The third-order valence-corrected chi connectivity index (χ3v) is 3.90. The number of benzene rings is 1. The minimum absolute atomic E-state index is 0.237. The van der Waals surface area contributed by atoms with E-state index in [-0.39, 0.29) is 5.12 Å². The van der Waals surface area contributed by atoms with Gasteiger partial charge in [-0.3, -0.25) is 4.79 Å². The van der Waals surface area contributed by atoms with Gasteiger partial charge in [-0.15, -0.1) is 0 Å². The van der Waals surface area contributed by atoms with E-state index >= 15 is 0 Å². The number of carbonyl (C=O) groups excluding carboxylic acids is 2. The Morgan fingerprint density at radius 3 is 2.42 bits per heavy atom. The Morgan fingerprint density at radius 2 is 1.95 bits per heavy atom. The maximum absolute atomic E-state index is 12.0. The summed E-state index contributed by atoms with van der Waals surface area (Å²) in [6.07, 6.45) is 0. The average molecular weight is 282 g/mol. The van der Waals surface area contributed by atoms with Crippen molar-refractivity contribution < 1.29 is 19.4 Å². The number of hydrogen-bond donors (Lipinski definition) is 1. The van der Waals surface area contributed by atoms with Crippen LogP contribution in [0.15, 0.2) is 30.3 Å². The minimum atomic E-state index is -1.95. The van der Waals surface area contributed by atoms with Gasteiger partial charge in [0.15, 0.2) is 10.7 Å². The molecule has 0 aliphatic rings. The largest absolute Gasteiger partial charge is 0.467 e. The van der Waals surface area contributed by atoms with E-state index in [1.54, 1.807) is 30.3 Å². The lowest BCUT2D eigenvalue weighted by molar-refractivity contribution is -0.171. The Bertz CT molecular complexity index is 446. The zero-order valence-electron chi connectivity index (χ0n) is 11.3. The fourth-order valence-electron chi connectivity index (χ4n) is 1.83. The minimum Gasteiger partial charge on any atom is -0.467 e. The SMILES string of the molecule is CCSC(=O)[C@@H](C)[C@](O)(C(=O)OC)c1ccccc1. The molecule has 0 radical (unpaired) electrons. The third kappa shape index (κ3) is 3.16. The molecular weight excluding hydrogens is 264 g/mol. The van der Waals surface area contributed by atoms with Gasteiger partial charge in [0.1, 0.15) is 0 Å².